The first-order valence-corrected chi connectivity index (χ1v) is 6.67. The average Bonchev–Trinajstić information content (AvgIpc) is 2.45. The first kappa shape index (κ1) is 14.2. The van der Waals surface area contributed by atoms with Gasteiger partial charge in [0, 0.05) is 16.6 Å². The molecule has 100 valence electrons. The van der Waals surface area contributed by atoms with E-state index in [0.717, 1.165) is 15.6 Å². The van der Waals surface area contributed by atoms with Gasteiger partial charge in [-0.25, -0.2) is 0 Å². The Hall–Kier alpha value is -2.20. The van der Waals surface area contributed by atoms with Gasteiger partial charge in [-0.3, -0.25) is 10.1 Å². The van der Waals surface area contributed by atoms with Gasteiger partial charge in [0.25, 0.3) is 5.69 Å². The normalized spacial score (nSPS) is 10.1. The standard InChI is InChI=1S/C16H12BrNO2/c1-11(13-5-3-7-15(17)9-13)12(2)14-6-4-8-16(10-14)18(19)20/h3-10H,1-2H2. The molecular formula is C16H12BrNO2. The second-order valence-electron chi connectivity index (χ2n) is 4.27. The molecule has 0 aliphatic heterocycles. The van der Waals surface area contributed by atoms with E-state index in [4.69, 9.17) is 0 Å². The van der Waals surface area contributed by atoms with E-state index in [1.54, 1.807) is 12.1 Å². The summed E-state index contributed by atoms with van der Waals surface area (Å²) in [4.78, 5) is 10.4. The lowest BCUT2D eigenvalue weighted by molar-refractivity contribution is -0.384. The summed E-state index contributed by atoms with van der Waals surface area (Å²) in [5.41, 5.74) is 3.09. The molecule has 0 unspecified atom stereocenters. The number of halogens is 1. The highest BCUT2D eigenvalue weighted by atomic mass is 79.9. The van der Waals surface area contributed by atoms with E-state index in [2.05, 4.69) is 29.1 Å². The van der Waals surface area contributed by atoms with E-state index < -0.39 is 4.92 Å². The molecule has 4 heteroatoms. The number of nitro benzene ring substituents is 1. The Bertz CT molecular complexity index is 707. The van der Waals surface area contributed by atoms with Crippen molar-refractivity contribution in [1.29, 1.82) is 0 Å². The molecule has 0 bridgehead atoms. The highest BCUT2D eigenvalue weighted by molar-refractivity contribution is 9.10. The molecule has 3 nitrogen and oxygen atoms in total. The van der Waals surface area contributed by atoms with Crippen molar-refractivity contribution in [3.05, 3.63) is 87.4 Å². The summed E-state index contributed by atoms with van der Waals surface area (Å²) in [6.45, 7) is 8.02. The molecule has 0 saturated heterocycles. The van der Waals surface area contributed by atoms with Crippen LogP contribution >= 0.6 is 15.9 Å². The number of benzene rings is 2. The fourth-order valence-corrected chi connectivity index (χ4v) is 2.23. The molecule has 0 aromatic heterocycles. The second kappa shape index (κ2) is 5.84. The van der Waals surface area contributed by atoms with Gasteiger partial charge in [0.1, 0.15) is 0 Å². The summed E-state index contributed by atoms with van der Waals surface area (Å²) in [6.07, 6.45) is 0. The zero-order chi connectivity index (χ0) is 14.7. The minimum atomic E-state index is -0.418. The molecule has 0 heterocycles. The fourth-order valence-electron chi connectivity index (χ4n) is 1.83. The third-order valence-corrected chi connectivity index (χ3v) is 3.44. The van der Waals surface area contributed by atoms with Gasteiger partial charge in [-0.15, -0.1) is 0 Å². The third-order valence-electron chi connectivity index (χ3n) is 2.94. The van der Waals surface area contributed by atoms with Crippen molar-refractivity contribution in [3.63, 3.8) is 0 Å². The maximum Gasteiger partial charge on any atom is 0.270 e. The maximum atomic E-state index is 10.8. The molecule has 0 aliphatic rings. The Kier molecular flexibility index (Phi) is 4.15. The highest BCUT2D eigenvalue weighted by Gasteiger charge is 2.11. The molecule has 0 aliphatic carbocycles. The Labute approximate surface area is 125 Å². The van der Waals surface area contributed by atoms with Crippen LogP contribution in [0.15, 0.2) is 66.2 Å². The van der Waals surface area contributed by atoms with E-state index in [1.807, 2.05) is 24.3 Å². The minimum absolute atomic E-state index is 0.0469. The quantitative estimate of drug-likeness (QED) is 0.445. The summed E-state index contributed by atoms with van der Waals surface area (Å²) in [6, 6.07) is 14.1. The van der Waals surface area contributed by atoms with Crippen molar-refractivity contribution >= 4 is 32.8 Å². The SMILES string of the molecule is C=C(C(=C)c1cccc([N+](=O)[O-])c1)c1cccc(Br)c1. The van der Waals surface area contributed by atoms with Crippen molar-refractivity contribution in [3.8, 4) is 0 Å². The molecule has 0 N–H and O–H groups in total. The van der Waals surface area contributed by atoms with Crippen molar-refractivity contribution in [2.45, 2.75) is 0 Å². The number of nitrogens with zero attached hydrogens (tertiary/aromatic N) is 1. The van der Waals surface area contributed by atoms with E-state index in [-0.39, 0.29) is 5.69 Å². The van der Waals surface area contributed by atoms with Crippen LogP contribution in [-0.4, -0.2) is 4.92 Å². The number of allylic oxidation sites excluding steroid dienone is 2. The Morgan fingerprint density at radius 1 is 1.00 bits per heavy atom. The second-order valence-corrected chi connectivity index (χ2v) is 5.19. The molecule has 0 spiro atoms. The summed E-state index contributed by atoms with van der Waals surface area (Å²) >= 11 is 3.41. The van der Waals surface area contributed by atoms with Crippen LogP contribution in [0.5, 0.6) is 0 Å². The number of nitro groups is 1. The first-order chi connectivity index (χ1) is 9.49. The summed E-state index contributed by atoms with van der Waals surface area (Å²) in [7, 11) is 0. The van der Waals surface area contributed by atoms with Gasteiger partial charge in [-0.05, 0) is 34.4 Å². The maximum absolute atomic E-state index is 10.8. The van der Waals surface area contributed by atoms with Crippen molar-refractivity contribution < 1.29 is 4.92 Å². The average molecular weight is 330 g/mol. The van der Waals surface area contributed by atoms with Crippen molar-refractivity contribution in [1.82, 2.24) is 0 Å². The molecule has 0 atom stereocenters. The van der Waals surface area contributed by atoms with Crippen LogP contribution in [0.2, 0.25) is 0 Å². The van der Waals surface area contributed by atoms with Crippen molar-refractivity contribution in [2.24, 2.45) is 0 Å². The molecule has 0 saturated carbocycles. The zero-order valence-corrected chi connectivity index (χ0v) is 12.3. The number of hydrogen-bond acceptors (Lipinski definition) is 2. The van der Waals surface area contributed by atoms with Gasteiger partial charge in [0.05, 0.1) is 4.92 Å². The third kappa shape index (κ3) is 3.03. The van der Waals surface area contributed by atoms with Crippen molar-refractivity contribution in [2.75, 3.05) is 0 Å². The van der Waals surface area contributed by atoms with Gasteiger partial charge in [0.2, 0.25) is 0 Å². The zero-order valence-electron chi connectivity index (χ0n) is 10.7. The molecule has 2 aromatic rings. The summed E-state index contributed by atoms with van der Waals surface area (Å²) in [5, 5.41) is 10.8. The monoisotopic (exact) mass is 329 g/mol. The van der Waals surface area contributed by atoms with Crippen LogP contribution in [0.25, 0.3) is 11.1 Å². The topological polar surface area (TPSA) is 43.1 Å². The fraction of sp³-hybridized carbons (Fsp3) is 0. The minimum Gasteiger partial charge on any atom is -0.258 e. The Morgan fingerprint density at radius 3 is 2.10 bits per heavy atom. The summed E-state index contributed by atoms with van der Waals surface area (Å²) < 4.78 is 0.947. The van der Waals surface area contributed by atoms with Crippen LogP contribution in [0, 0.1) is 10.1 Å². The highest BCUT2D eigenvalue weighted by Crippen LogP contribution is 2.30. The van der Waals surface area contributed by atoms with Gasteiger partial charge in [0.15, 0.2) is 0 Å². The lowest BCUT2D eigenvalue weighted by Gasteiger charge is -2.10. The number of non-ortho nitro benzene ring substituents is 1. The lowest BCUT2D eigenvalue weighted by atomic mass is 9.95. The molecule has 0 radical (unpaired) electrons. The number of rotatable bonds is 4. The Balaban J connectivity index is 2.34. The van der Waals surface area contributed by atoms with E-state index in [9.17, 15) is 10.1 Å². The molecular weight excluding hydrogens is 318 g/mol. The lowest BCUT2D eigenvalue weighted by Crippen LogP contribution is -1.92. The molecule has 0 fully saturated rings. The smallest absolute Gasteiger partial charge is 0.258 e. The predicted molar refractivity (Wildman–Crippen MR) is 85.3 cm³/mol. The predicted octanol–water partition coefficient (Wildman–Crippen LogP) is 5.08. The van der Waals surface area contributed by atoms with Crippen LogP contribution in [0.3, 0.4) is 0 Å². The molecule has 2 aromatic carbocycles. The van der Waals surface area contributed by atoms with Gasteiger partial charge in [-0.1, -0.05) is 53.4 Å². The van der Waals surface area contributed by atoms with Crippen LogP contribution in [0.1, 0.15) is 11.1 Å². The van der Waals surface area contributed by atoms with Gasteiger partial charge >= 0.3 is 0 Å². The van der Waals surface area contributed by atoms with Gasteiger partial charge < -0.3 is 0 Å². The largest absolute Gasteiger partial charge is 0.270 e. The van der Waals surface area contributed by atoms with Crippen LogP contribution in [-0.2, 0) is 0 Å². The first-order valence-electron chi connectivity index (χ1n) is 5.88. The molecule has 2 rings (SSSR count). The van der Waals surface area contributed by atoms with E-state index in [0.29, 0.717) is 11.1 Å². The Morgan fingerprint density at radius 2 is 1.55 bits per heavy atom. The number of hydrogen-bond donors (Lipinski definition) is 0. The van der Waals surface area contributed by atoms with Crippen LogP contribution in [0.4, 0.5) is 5.69 Å². The van der Waals surface area contributed by atoms with E-state index in [1.165, 1.54) is 12.1 Å². The molecule has 20 heavy (non-hydrogen) atoms. The van der Waals surface area contributed by atoms with E-state index >= 15 is 0 Å². The summed E-state index contributed by atoms with van der Waals surface area (Å²) in [5.74, 6) is 0. The molecule has 0 amide bonds. The van der Waals surface area contributed by atoms with Gasteiger partial charge in [-0.2, -0.15) is 0 Å². The van der Waals surface area contributed by atoms with Crippen LogP contribution < -0.4 is 0 Å².